The van der Waals surface area contributed by atoms with Crippen LogP contribution in [0.15, 0.2) is 48.7 Å². The number of benzene rings is 2. The maximum atomic E-state index is 15.0. The highest BCUT2D eigenvalue weighted by atomic mass is 19.4. The lowest BCUT2D eigenvalue weighted by Gasteiger charge is -2.38. The quantitative estimate of drug-likeness (QED) is 0.372. The van der Waals surface area contributed by atoms with Gasteiger partial charge in [-0.05, 0) is 29.3 Å². The second-order valence-electron chi connectivity index (χ2n) is 10.2. The number of aromatic nitrogens is 1. The third-order valence-electron chi connectivity index (χ3n) is 7.61. The molecule has 0 atom stereocenters. The van der Waals surface area contributed by atoms with Gasteiger partial charge in [0.2, 0.25) is 0 Å². The summed E-state index contributed by atoms with van der Waals surface area (Å²) in [4.78, 5) is 6.00. The molecule has 5 rings (SSSR count). The number of hydrogen-bond acceptors (Lipinski definition) is 5. The summed E-state index contributed by atoms with van der Waals surface area (Å²) in [5.41, 5.74) is -6.69. The molecule has 2 aliphatic heterocycles. The Morgan fingerprint density at radius 1 is 0.951 bits per heavy atom. The van der Waals surface area contributed by atoms with Gasteiger partial charge >= 0.3 is 12.4 Å². The van der Waals surface area contributed by atoms with E-state index in [0.717, 1.165) is 17.7 Å². The van der Waals surface area contributed by atoms with Gasteiger partial charge in [-0.15, -0.1) is 0 Å². The second-order valence-corrected chi connectivity index (χ2v) is 10.2. The Hall–Kier alpha value is -3.76. The fourth-order valence-corrected chi connectivity index (χ4v) is 5.44. The second kappa shape index (κ2) is 9.95. The van der Waals surface area contributed by atoms with Crippen LogP contribution in [0.25, 0.3) is 11.1 Å². The zero-order valence-corrected chi connectivity index (χ0v) is 21.1. The molecular formula is C28H21F8N3O2. The van der Waals surface area contributed by atoms with Crippen molar-refractivity contribution in [2.75, 3.05) is 13.1 Å². The van der Waals surface area contributed by atoms with Crippen molar-refractivity contribution in [2.45, 2.75) is 49.4 Å². The predicted octanol–water partition coefficient (Wildman–Crippen LogP) is 6.18. The fourth-order valence-electron chi connectivity index (χ4n) is 5.44. The highest BCUT2D eigenvalue weighted by molar-refractivity contribution is 5.66. The van der Waals surface area contributed by atoms with Gasteiger partial charge in [-0.3, -0.25) is 4.90 Å². The summed E-state index contributed by atoms with van der Waals surface area (Å²) in [6.45, 7) is 1.26. The highest BCUT2D eigenvalue weighted by Gasteiger charge is 2.71. The average Bonchev–Trinajstić information content (AvgIpc) is 3.26. The summed E-state index contributed by atoms with van der Waals surface area (Å²) >= 11 is 0. The number of likely N-dealkylation sites (tertiary alicyclic amines) is 1. The predicted molar refractivity (Wildman–Crippen MR) is 128 cm³/mol. The monoisotopic (exact) mass is 583 g/mol. The van der Waals surface area contributed by atoms with Crippen molar-refractivity contribution < 1.29 is 45.0 Å². The van der Waals surface area contributed by atoms with E-state index < -0.39 is 46.3 Å². The number of rotatable bonds is 4. The third kappa shape index (κ3) is 4.99. The van der Waals surface area contributed by atoms with Gasteiger partial charge in [-0.1, -0.05) is 24.3 Å². The van der Waals surface area contributed by atoms with Gasteiger partial charge in [0.15, 0.2) is 11.4 Å². The summed E-state index contributed by atoms with van der Waals surface area (Å²) in [6.07, 6.45) is -8.78. The molecule has 0 saturated carbocycles. The van der Waals surface area contributed by atoms with E-state index in [1.807, 2.05) is 17.0 Å². The van der Waals surface area contributed by atoms with E-state index in [1.54, 1.807) is 6.20 Å². The van der Waals surface area contributed by atoms with Crippen molar-refractivity contribution in [1.29, 1.82) is 5.26 Å². The summed E-state index contributed by atoms with van der Waals surface area (Å²) in [7, 11) is 0. The molecule has 3 aromatic rings. The van der Waals surface area contributed by atoms with Gasteiger partial charge < -0.3 is 9.84 Å². The number of fused-ring (bicyclic) bond motifs is 1. The fraction of sp³-hybridized carbons (Fsp3) is 0.357. The lowest BCUT2D eigenvalue weighted by Crippen LogP contribution is -2.53. The van der Waals surface area contributed by atoms with Crippen LogP contribution < -0.4 is 4.74 Å². The van der Waals surface area contributed by atoms with Crippen LogP contribution in [0.2, 0.25) is 0 Å². The normalized spacial score (nSPS) is 17.3. The summed E-state index contributed by atoms with van der Waals surface area (Å²) in [5.74, 6) is -1.61. The van der Waals surface area contributed by atoms with Crippen LogP contribution in [0.1, 0.15) is 35.2 Å². The van der Waals surface area contributed by atoms with Gasteiger partial charge in [0.1, 0.15) is 23.3 Å². The number of hydrogen-bond donors (Lipinski definition) is 1. The van der Waals surface area contributed by atoms with E-state index in [9.17, 15) is 36.7 Å². The van der Waals surface area contributed by atoms with E-state index in [-0.39, 0.29) is 23.4 Å². The van der Waals surface area contributed by atoms with Crippen molar-refractivity contribution in [1.82, 2.24) is 9.88 Å². The molecule has 0 aliphatic carbocycles. The molecule has 3 heterocycles. The van der Waals surface area contributed by atoms with Crippen LogP contribution in [-0.4, -0.2) is 46.0 Å². The van der Waals surface area contributed by atoms with Gasteiger partial charge in [0.25, 0.3) is 5.60 Å². The Morgan fingerprint density at radius 2 is 1.54 bits per heavy atom. The molecular weight excluding hydrogens is 562 g/mol. The van der Waals surface area contributed by atoms with Gasteiger partial charge in [0.05, 0.1) is 5.56 Å². The summed E-state index contributed by atoms with van der Waals surface area (Å²) in [6, 6.07) is 8.01. The van der Waals surface area contributed by atoms with Crippen molar-refractivity contribution >= 4 is 0 Å². The lowest BCUT2D eigenvalue weighted by molar-refractivity contribution is -0.376. The van der Waals surface area contributed by atoms with Gasteiger partial charge in [-0.2, -0.15) is 31.6 Å². The number of nitriles is 1. The van der Waals surface area contributed by atoms with E-state index in [2.05, 4.69) is 4.98 Å². The Morgan fingerprint density at radius 3 is 2.07 bits per heavy atom. The van der Waals surface area contributed by atoms with Crippen LogP contribution in [-0.2, 0) is 18.6 Å². The summed E-state index contributed by atoms with van der Waals surface area (Å²) in [5, 5.41) is 18.8. The molecule has 1 spiro atoms. The number of nitrogens with zero attached hydrogens (tertiary/aromatic N) is 3. The number of alkyl halides is 6. The van der Waals surface area contributed by atoms with E-state index >= 15 is 8.78 Å². The minimum absolute atomic E-state index is 0.186. The largest absolute Gasteiger partial charge is 0.483 e. The Balaban J connectivity index is 1.29. The lowest BCUT2D eigenvalue weighted by atomic mass is 9.87. The number of ether oxygens (including phenoxy) is 1. The molecule has 1 aromatic heterocycles. The number of pyridine rings is 1. The number of halogens is 8. The molecule has 2 aromatic carbocycles. The first kappa shape index (κ1) is 28.8. The van der Waals surface area contributed by atoms with Crippen molar-refractivity contribution in [2.24, 2.45) is 0 Å². The number of aliphatic hydroxyl groups is 1. The molecule has 2 aliphatic rings. The smallest absolute Gasteiger partial charge is 0.430 e. The Labute approximate surface area is 228 Å². The van der Waals surface area contributed by atoms with Crippen molar-refractivity contribution in [3.63, 3.8) is 0 Å². The first-order valence-corrected chi connectivity index (χ1v) is 12.4. The molecule has 5 nitrogen and oxygen atoms in total. The van der Waals surface area contributed by atoms with Gasteiger partial charge in [0, 0.05) is 56.2 Å². The van der Waals surface area contributed by atoms with E-state index in [4.69, 9.17) is 4.74 Å². The molecule has 1 fully saturated rings. The Bertz CT molecular complexity index is 1470. The Kier molecular flexibility index (Phi) is 6.98. The minimum Gasteiger partial charge on any atom is -0.483 e. The van der Waals surface area contributed by atoms with Crippen LogP contribution in [0.4, 0.5) is 35.1 Å². The number of piperidine rings is 1. The third-order valence-corrected chi connectivity index (χ3v) is 7.61. The molecule has 216 valence electrons. The van der Waals surface area contributed by atoms with Gasteiger partial charge in [-0.25, -0.2) is 13.8 Å². The van der Waals surface area contributed by atoms with Crippen LogP contribution in [0.3, 0.4) is 0 Å². The highest BCUT2D eigenvalue weighted by Crippen LogP contribution is 2.50. The van der Waals surface area contributed by atoms with Crippen LogP contribution in [0.5, 0.6) is 5.75 Å². The maximum Gasteiger partial charge on any atom is 0.430 e. The molecule has 0 unspecified atom stereocenters. The average molecular weight is 583 g/mol. The topological polar surface area (TPSA) is 69.4 Å². The van der Waals surface area contributed by atoms with Crippen molar-refractivity contribution in [3.05, 3.63) is 82.7 Å². The molecule has 13 heteroatoms. The zero-order chi connectivity index (χ0) is 29.8. The van der Waals surface area contributed by atoms with E-state index in [0.29, 0.717) is 62.4 Å². The van der Waals surface area contributed by atoms with Crippen LogP contribution in [0, 0.1) is 23.0 Å². The van der Waals surface area contributed by atoms with Crippen LogP contribution >= 0.6 is 0 Å². The molecule has 0 radical (unpaired) electrons. The van der Waals surface area contributed by atoms with Crippen molar-refractivity contribution in [3.8, 4) is 22.9 Å². The SMILES string of the molecule is N#Cc1nccc2c1OC1(CCN(Cc3cc(F)c(-c4ccc(C(O)(C(F)(F)F)C(F)(F)F)cc4)c(F)c3)CC1)C2. The first-order valence-electron chi connectivity index (χ1n) is 12.4. The molecule has 41 heavy (non-hydrogen) atoms. The van der Waals surface area contributed by atoms with E-state index in [1.165, 1.54) is 0 Å². The first-order chi connectivity index (χ1) is 19.2. The molecule has 1 N–H and O–H groups in total. The maximum absolute atomic E-state index is 15.0. The standard InChI is InChI=1S/C28H21F8N3O2/c29-20-11-16(15-39-9-6-25(7-10-39)13-18-5-8-38-22(14-37)24(18)41-25)12-21(30)23(20)17-1-3-19(4-2-17)26(40,27(31,32)33)28(34,35)36/h1-5,8,11-12,40H,6-7,9-10,13,15H2. The molecule has 0 amide bonds. The minimum atomic E-state index is -6.08. The molecule has 0 bridgehead atoms. The molecule has 1 saturated heterocycles. The zero-order valence-electron chi connectivity index (χ0n) is 21.1. The summed E-state index contributed by atoms with van der Waals surface area (Å²) < 4.78 is 115.